The van der Waals surface area contributed by atoms with Crippen molar-refractivity contribution in [3.05, 3.63) is 64.8 Å². The van der Waals surface area contributed by atoms with E-state index in [1.807, 2.05) is 12.2 Å². The molecule has 1 aromatic carbocycles. The molecule has 146 valence electrons. The molecule has 3 rings (SSSR count). The van der Waals surface area contributed by atoms with Crippen molar-refractivity contribution in [3.8, 4) is 5.75 Å². The minimum Gasteiger partial charge on any atom is -0.534 e. The molecule has 0 spiro atoms. The number of carboxylic acid groups (broad SMARTS) is 1. The molecule has 1 aromatic rings. The minimum absolute atomic E-state index is 0.00848. The number of nitrogens with one attached hydrogen (secondary N) is 2. The largest absolute Gasteiger partial charge is 0.547 e. The maximum Gasteiger partial charge on any atom is 0.547 e. The number of carbonyl (C=O) groups is 2. The van der Waals surface area contributed by atoms with Crippen molar-refractivity contribution >= 4 is 19.0 Å². The van der Waals surface area contributed by atoms with Crippen LogP contribution in [-0.4, -0.2) is 48.2 Å². The average molecular weight is 382 g/mol. The highest BCUT2D eigenvalue weighted by Crippen LogP contribution is 2.30. The Morgan fingerprint density at radius 1 is 1.43 bits per heavy atom. The summed E-state index contributed by atoms with van der Waals surface area (Å²) >= 11 is 0. The average Bonchev–Trinajstić information content (AvgIpc) is 3.05. The summed E-state index contributed by atoms with van der Waals surface area (Å²) in [7, 11) is -1.32. The van der Waals surface area contributed by atoms with Crippen LogP contribution in [0.1, 0.15) is 29.3 Å². The van der Waals surface area contributed by atoms with Crippen molar-refractivity contribution in [2.45, 2.75) is 25.7 Å². The Hall–Kier alpha value is -2.84. The summed E-state index contributed by atoms with van der Waals surface area (Å²) in [5.74, 6) is -1.92. The van der Waals surface area contributed by atoms with Crippen molar-refractivity contribution in [2.24, 2.45) is 0 Å². The number of fused-ring (bicyclic) bond motifs is 1. The summed E-state index contributed by atoms with van der Waals surface area (Å²) in [6.45, 7) is 7.66. The van der Waals surface area contributed by atoms with Gasteiger partial charge in [0.1, 0.15) is 5.75 Å². The highest BCUT2D eigenvalue weighted by atomic mass is 16.5. The molecule has 2 heterocycles. The fourth-order valence-corrected chi connectivity index (χ4v) is 3.31. The van der Waals surface area contributed by atoms with Crippen LogP contribution < -0.4 is 15.3 Å². The van der Waals surface area contributed by atoms with Gasteiger partial charge in [0.25, 0.3) is 0 Å². The summed E-state index contributed by atoms with van der Waals surface area (Å²) in [5, 5.41) is 25.4. The van der Waals surface area contributed by atoms with E-state index in [2.05, 4.69) is 24.1 Å². The normalized spacial score (nSPS) is 18.8. The molecule has 1 atom stereocenters. The first-order valence-corrected chi connectivity index (χ1v) is 9.09. The van der Waals surface area contributed by atoms with Crippen molar-refractivity contribution in [3.63, 3.8) is 0 Å². The molecule has 2 aliphatic rings. The smallest absolute Gasteiger partial charge is 0.534 e. The van der Waals surface area contributed by atoms with Gasteiger partial charge in [-0.25, -0.2) is 4.79 Å². The zero-order chi connectivity index (χ0) is 20.3. The molecule has 0 saturated carbocycles. The predicted molar refractivity (Wildman–Crippen MR) is 106 cm³/mol. The first-order valence-electron chi connectivity index (χ1n) is 9.09. The quantitative estimate of drug-likeness (QED) is 0.436. The molecule has 0 aliphatic carbocycles. The molecule has 0 bridgehead atoms. The molecule has 7 nitrogen and oxygen atoms in total. The molecule has 8 heteroatoms. The maximum atomic E-state index is 12.3. The Morgan fingerprint density at radius 3 is 2.89 bits per heavy atom. The van der Waals surface area contributed by atoms with E-state index < -0.39 is 19.0 Å². The lowest BCUT2D eigenvalue weighted by atomic mass is 9.72. The van der Waals surface area contributed by atoms with Crippen molar-refractivity contribution in [2.75, 3.05) is 13.1 Å². The highest BCUT2D eigenvalue weighted by Gasteiger charge is 2.37. The Kier molecular flexibility index (Phi) is 6.01. The van der Waals surface area contributed by atoms with Crippen molar-refractivity contribution in [1.29, 1.82) is 0 Å². The van der Waals surface area contributed by atoms with Crippen LogP contribution in [0, 0.1) is 0 Å². The lowest BCUT2D eigenvalue weighted by Crippen LogP contribution is -2.53. The number of allylic oxidation sites excluding steroid dienone is 1. The van der Waals surface area contributed by atoms with Gasteiger partial charge in [-0.2, -0.15) is 0 Å². The summed E-state index contributed by atoms with van der Waals surface area (Å²) in [6, 6.07) is 4.75. The molecule has 0 saturated heterocycles. The number of carboxylic acids is 1. The first-order chi connectivity index (χ1) is 13.3. The summed E-state index contributed by atoms with van der Waals surface area (Å²) in [4.78, 5) is 23.6. The van der Waals surface area contributed by atoms with Gasteiger partial charge in [0.15, 0.2) is 0 Å². The van der Waals surface area contributed by atoms with E-state index in [4.69, 9.17) is 4.65 Å². The van der Waals surface area contributed by atoms with Crippen LogP contribution >= 0.6 is 0 Å². The number of rotatable bonds is 6. The molecule has 0 unspecified atom stereocenters. The van der Waals surface area contributed by atoms with Gasteiger partial charge in [0.05, 0.1) is 17.9 Å². The van der Waals surface area contributed by atoms with Gasteiger partial charge in [-0.1, -0.05) is 36.4 Å². The van der Waals surface area contributed by atoms with Crippen molar-refractivity contribution < 1.29 is 24.4 Å². The number of carbonyl (C=O) groups excluding carboxylic acids is 1. The first kappa shape index (κ1) is 19.9. The summed E-state index contributed by atoms with van der Waals surface area (Å²) in [5.41, 5.74) is 3.75. The van der Waals surface area contributed by atoms with Crippen LogP contribution in [0.2, 0.25) is 0 Å². The standard InChI is InChI=1S/C20H23BN2O5/c1-12(6-7-15-11-22-10-13(15)2)8-18(24)23-17-9-14-4-3-5-16(20(25)26)19(14)28-21(17)27/h3-7,17,22,27H,1,8-11H2,2H3,(H,23,24)(H,25,26)/b7-6-/t17-/m0/s1. The van der Waals surface area contributed by atoms with Gasteiger partial charge in [-0.3, -0.25) is 4.79 Å². The zero-order valence-corrected chi connectivity index (χ0v) is 15.7. The van der Waals surface area contributed by atoms with Gasteiger partial charge in [-0.05, 0) is 36.1 Å². The topological polar surface area (TPSA) is 108 Å². The van der Waals surface area contributed by atoms with Crippen LogP contribution in [0.25, 0.3) is 0 Å². The second-order valence-corrected chi connectivity index (χ2v) is 7.06. The van der Waals surface area contributed by atoms with E-state index in [0.29, 0.717) is 11.1 Å². The van der Waals surface area contributed by atoms with E-state index in [1.54, 1.807) is 12.1 Å². The lowest BCUT2D eigenvalue weighted by molar-refractivity contribution is -0.120. The monoisotopic (exact) mass is 382 g/mol. The van der Waals surface area contributed by atoms with E-state index in [9.17, 15) is 19.7 Å². The van der Waals surface area contributed by atoms with Crippen LogP contribution in [0.5, 0.6) is 5.75 Å². The van der Waals surface area contributed by atoms with Crippen LogP contribution in [0.15, 0.2) is 53.6 Å². The summed E-state index contributed by atoms with van der Waals surface area (Å²) in [6.07, 6.45) is 4.17. The van der Waals surface area contributed by atoms with Crippen molar-refractivity contribution in [1.82, 2.24) is 10.6 Å². The third-order valence-electron chi connectivity index (χ3n) is 4.86. The second kappa shape index (κ2) is 8.45. The van der Waals surface area contributed by atoms with Gasteiger partial charge in [-0.15, -0.1) is 0 Å². The molecule has 28 heavy (non-hydrogen) atoms. The SMILES string of the molecule is C=C(/C=C\C1=C(C)CNC1)CC(=O)N[C@H]1Cc2cccc(C(=O)O)c2OB1O. The number of benzene rings is 1. The third kappa shape index (κ3) is 4.52. The van der Waals surface area contributed by atoms with Gasteiger partial charge in [0, 0.05) is 13.1 Å². The van der Waals surface area contributed by atoms with E-state index >= 15 is 0 Å². The van der Waals surface area contributed by atoms with E-state index in [1.165, 1.54) is 17.2 Å². The molecule has 4 N–H and O–H groups in total. The highest BCUT2D eigenvalue weighted by molar-refractivity contribution is 6.47. The van der Waals surface area contributed by atoms with Gasteiger partial charge in [0.2, 0.25) is 5.91 Å². The Morgan fingerprint density at radius 2 is 2.21 bits per heavy atom. The molecular weight excluding hydrogens is 359 g/mol. The maximum absolute atomic E-state index is 12.3. The minimum atomic E-state index is -1.32. The van der Waals surface area contributed by atoms with Gasteiger partial charge < -0.3 is 25.4 Å². The lowest BCUT2D eigenvalue weighted by Gasteiger charge is -2.28. The Bertz CT molecular complexity index is 877. The number of hydrogen-bond acceptors (Lipinski definition) is 5. The number of hydrogen-bond donors (Lipinski definition) is 4. The number of amides is 1. The molecular formula is C20H23BN2O5. The predicted octanol–water partition coefficient (Wildman–Crippen LogP) is 1.25. The Labute approximate surface area is 163 Å². The summed E-state index contributed by atoms with van der Waals surface area (Å²) < 4.78 is 5.38. The van der Waals surface area contributed by atoms with E-state index in [-0.39, 0.29) is 30.1 Å². The van der Waals surface area contributed by atoms with E-state index in [0.717, 1.165) is 13.1 Å². The van der Waals surface area contributed by atoms with Gasteiger partial charge >= 0.3 is 13.1 Å². The molecule has 0 radical (unpaired) electrons. The zero-order valence-electron chi connectivity index (χ0n) is 15.7. The number of para-hydroxylation sites is 1. The fraction of sp³-hybridized carbons (Fsp3) is 0.300. The van der Waals surface area contributed by atoms with Crippen LogP contribution in [0.3, 0.4) is 0 Å². The molecule has 1 amide bonds. The fourth-order valence-electron chi connectivity index (χ4n) is 3.31. The molecule has 0 aromatic heterocycles. The third-order valence-corrected chi connectivity index (χ3v) is 4.86. The second-order valence-electron chi connectivity index (χ2n) is 7.06. The Balaban J connectivity index is 1.59. The molecule has 2 aliphatic heterocycles. The molecule has 0 fully saturated rings. The van der Waals surface area contributed by atoms with Crippen LogP contribution in [-0.2, 0) is 11.2 Å². The number of aromatic carboxylic acids is 1. The van der Waals surface area contributed by atoms with Crippen LogP contribution in [0.4, 0.5) is 0 Å².